The predicted molar refractivity (Wildman–Crippen MR) is 105 cm³/mol. The quantitative estimate of drug-likeness (QED) is 0.490. The Balaban J connectivity index is 2.14. The lowest BCUT2D eigenvalue weighted by atomic mass is 10.1. The second kappa shape index (κ2) is 7.07. The summed E-state index contributed by atoms with van der Waals surface area (Å²) in [7, 11) is 0.205. The Kier molecular flexibility index (Phi) is 4.85. The molecule has 5 heteroatoms. The van der Waals surface area contributed by atoms with Crippen LogP contribution >= 0.6 is 0 Å². The Morgan fingerprint density at radius 1 is 0.960 bits per heavy atom. The molecular formula is C20H23N3OSi. The van der Waals surface area contributed by atoms with Crippen LogP contribution in [0.1, 0.15) is 11.3 Å². The minimum Gasteiger partial charge on any atom is -0.543 e. The van der Waals surface area contributed by atoms with Crippen LogP contribution in [0.5, 0.6) is 5.75 Å². The normalized spacial score (nSPS) is 12.2. The zero-order valence-electron chi connectivity index (χ0n) is 15.1. The van der Waals surface area contributed by atoms with Crippen molar-refractivity contribution >= 4 is 19.7 Å². The summed E-state index contributed by atoms with van der Waals surface area (Å²) in [5.41, 5.74) is 3.74. The second-order valence-corrected chi connectivity index (χ2v) is 11.3. The number of para-hydroxylation sites is 2. The second-order valence-electron chi connectivity index (χ2n) is 6.85. The van der Waals surface area contributed by atoms with Gasteiger partial charge in [-0.1, -0.05) is 42.5 Å². The smallest absolute Gasteiger partial charge is 0.242 e. The van der Waals surface area contributed by atoms with Crippen LogP contribution in [0.15, 0.2) is 71.9 Å². The first kappa shape index (κ1) is 17.2. The molecule has 0 saturated carbocycles. The number of hydrogen-bond donors (Lipinski definition) is 0. The van der Waals surface area contributed by atoms with Gasteiger partial charge in [-0.05, 0) is 37.8 Å². The maximum Gasteiger partial charge on any atom is 0.242 e. The van der Waals surface area contributed by atoms with Crippen molar-refractivity contribution in [3.05, 3.63) is 78.1 Å². The molecule has 4 nitrogen and oxygen atoms in total. The van der Waals surface area contributed by atoms with E-state index >= 15 is 0 Å². The summed E-state index contributed by atoms with van der Waals surface area (Å²) in [5, 5.41) is 4.30. The fourth-order valence-electron chi connectivity index (χ4n) is 2.56. The molecule has 3 aromatic rings. The molecule has 0 amide bonds. The van der Waals surface area contributed by atoms with E-state index in [4.69, 9.17) is 9.42 Å². The van der Waals surface area contributed by atoms with E-state index in [1.165, 1.54) is 0 Å². The number of aliphatic imine (C=N–C) groups is 1. The highest BCUT2D eigenvalue weighted by Crippen LogP contribution is 2.30. The van der Waals surface area contributed by atoms with Gasteiger partial charge in [-0.3, -0.25) is 4.68 Å². The SMILES string of the molecule is Cn1nccc1C(=Nc1ccccc1O[Si](C)(C)C)c1ccccc1. The average molecular weight is 350 g/mol. The summed E-state index contributed by atoms with van der Waals surface area (Å²) in [4.78, 5) is 4.97. The van der Waals surface area contributed by atoms with Crippen molar-refractivity contribution in [2.75, 3.05) is 0 Å². The largest absolute Gasteiger partial charge is 0.543 e. The molecule has 0 atom stereocenters. The summed E-state index contributed by atoms with van der Waals surface area (Å²) < 4.78 is 8.07. The number of aromatic nitrogens is 2. The van der Waals surface area contributed by atoms with Gasteiger partial charge in [0.25, 0.3) is 0 Å². The molecule has 128 valence electrons. The summed E-state index contributed by atoms with van der Waals surface area (Å²) >= 11 is 0. The minimum absolute atomic E-state index is 0.831. The molecule has 0 bridgehead atoms. The number of aryl methyl sites for hydroxylation is 1. The van der Waals surface area contributed by atoms with Crippen LogP contribution in [-0.4, -0.2) is 23.8 Å². The molecule has 0 N–H and O–H groups in total. The Hall–Kier alpha value is -2.66. The van der Waals surface area contributed by atoms with Crippen molar-refractivity contribution in [1.29, 1.82) is 0 Å². The molecule has 0 fully saturated rings. The lowest BCUT2D eigenvalue weighted by molar-refractivity contribution is 0.559. The van der Waals surface area contributed by atoms with E-state index in [2.05, 4.69) is 36.9 Å². The van der Waals surface area contributed by atoms with Crippen LogP contribution in [0.3, 0.4) is 0 Å². The van der Waals surface area contributed by atoms with E-state index < -0.39 is 8.32 Å². The first-order chi connectivity index (χ1) is 11.9. The highest BCUT2D eigenvalue weighted by Gasteiger charge is 2.19. The van der Waals surface area contributed by atoms with Crippen LogP contribution in [0.4, 0.5) is 5.69 Å². The van der Waals surface area contributed by atoms with Gasteiger partial charge in [-0.25, -0.2) is 4.99 Å². The van der Waals surface area contributed by atoms with Crippen LogP contribution in [0.25, 0.3) is 0 Å². The number of nitrogens with zero attached hydrogens (tertiary/aromatic N) is 3. The van der Waals surface area contributed by atoms with Crippen molar-refractivity contribution in [3.63, 3.8) is 0 Å². The Morgan fingerprint density at radius 3 is 2.28 bits per heavy atom. The van der Waals surface area contributed by atoms with Gasteiger partial charge in [0.2, 0.25) is 8.32 Å². The minimum atomic E-state index is -1.72. The van der Waals surface area contributed by atoms with Crippen LogP contribution in [-0.2, 0) is 7.05 Å². The molecule has 0 aliphatic rings. The van der Waals surface area contributed by atoms with E-state index in [0.29, 0.717) is 0 Å². The van der Waals surface area contributed by atoms with E-state index in [1.54, 1.807) is 6.20 Å². The van der Waals surface area contributed by atoms with E-state index in [-0.39, 0.29) is 0 Å². The Labute approximate surface area is 149 Å². The molecule has 0 saturated heterocycles. The molecule has 25 heavy (non-hydrogen) atoms. The van der Waals surface area contributed by atoms with Crippen molar-refractivity contribution < 1.29 is 4.43 Å². The summed E-state index contributed by atoms with van der Waals surface area (Å²) in [6.45, 7) is 6.52. The van der Waals surface area contributed by atoms with Gasteiger partial charge in [0, 0.05) is 18.8 Å². The third kappa shape index (κ3) is 4.25. The fourth-order valence-corrected chi connectivity index (χ4v) is 3.39. The topological polar surface area (TPSA) is 39.4 Å². The Bertz CT molecular complexity index is 879. The molecule has 0 aliphatic heterocycles. The van der Waals surface area contributed by atoms with Gasteiger partial charge in [0.15, 0.2) is 0 Å². The molecule has 0 unspecified atom stereocenters. The molecule has 1 heterocycles. The molecule has 0 spiro atoms. The highest BCUT2D eigenvalue weighted by atomic mass is 28.4. The molecule has 3 rings (SSSR count). The van der Waals surface area contributed by atoms with E-state index in [9.17, 15) is 0 Å². The van der Waals surface area contributed by atoms with Gasteiger partial charge in [0.1, 0.15) is 11.4 Å². The van der Waals surface area contributed by atoms with Crippen molar-refractivity contribution in [2.45, 2.75) is 19.6 Å². The maximum absolute atomic E-state index is 6.23. The molecule has 0 radical (unpaired) electrons. The average Bonchev–Trinajstić information content (AvgIpc) is 2.99. The van der Waals surface area contributed by atoms with Crippen molar-refractivity contribution in [2.24, 2.45) is 12.0 Å². The van der Waals surface area contributed by atoms with Gasteiger partial charge in [-0.15, -0.1) is 0 Å². The molecular weight excluding hydrogens is 326 g/mol. The summed E-state index contributed by atoms with van der Waals surface area (Å²) in [6, 6.07) is 20.1. The van der Waals surface area contributed by atoms with Crippen molar-refractivity contribution in [1.82, 2.24) is 9.78 Å². The summed E-state index contributed by atoms with van der Waals surface area (Å²) in [6.07, 6.45) is 1.79. The first-order valence-electron chi connectivity index (χ1n) is 8.34. The lowest BCUT2D eigenvalue weighted by Gasteiger charge is -2.20. The summed E-state index contributed by atoms with van der Waals surface area (Å²) in [5.74, 6) is 0.831. The number of benzene rings is 2. The van der Waals surface area contributed by atoms with Gasteiger partial charge in [-0.2, -0.15) is 5.10 Å². The standard InChI is InChI=1S/C20H23N3OSi/c1-23-18(14-15-21-23)20(16-10-6-5-7-11-16)22-17-12-8-9-13-19(17)24-25(2,3)4/h5-15H,1-4H3. The molecule has 1 aromatic heterocycles. The first-order valence-corrected chi connectivity index (χ1v) is 11.8. The van der Waals surface area contributed by atoms with E-state index in [1.807, 2.05) is 60.3 Å². The fraction of sp³-hybridized carbons (Fsp3) is 0.200. The zero-order chi connectivity index (χ0) is 17.9. The molecule has 0 aliphatic carbocycles. The zero-order valence-corrected chi connectivity index (χ0v) is 16.1. The predicted octanol–water partition coefficient (Wildman–Crippen LogP) is 4.80. The molecule has 2 aromatic carbocycles. The van der Waals surface area contributed by atoms with Crippen LogP contribution in [0.2, 0.25) is 19.6 Å². The Morgan fingerprint density at radius 2 is 1.64 bits per heavy atom. The lowest BCUT2D eigenvalue weighted by Crippen LogP contribution is -2.29. The number of hydrogen-bond acceptors (Lipinski definition) is 3. The van der Waals surface area contributed by atoms with Gasteiger partial charge in [0.05, 0.1) is 11.4 Å². The third-order valence-corrected chi connectivity index (χ3v) is 4.46. The van der Waals surface area contributed by atoms with Gasteiger partial charge >= 0.3 is 0 Å². The van der Waals surface area contributed by atoms with Crippen molar-refractivity contribution in [3.8, 4) is 5.75 Å². The van der Waals surface area contributed by atoms with Crippen LogP contribution in [0, 0.1) is 0 Å². The van der Waals surface area contributed by atoms with E-state index in [0.717, 1.165) is 28.4 Å². The maximum atomic E-state index is 6.23. The number of rotatable bonds is 5. The van der Waals surface area contributed by atoms with Gasteiger partial charge < -0.3 is 4.43 Å². The van der Waals surface area contributed by atoms with Crippen LogP contribution < -0.4 is 4.43 Å². The third-order valence-electron chi connectivity index (χ3n) is 3.62. The highest BCUT2D eigenvalue weighted by molar-refractivity contribution is 6.70. The monoisotopic (exact) mass is 349 g/mol.